The zero-order valence-electron chi connectivity index (χ0n) is 16.5. The molecule has 1 saturated heterocycles. The number of allylic oxidation sites excluding steroid dienone is 1. The lowest BCUT2D eigenvalue weighted by Crippen LogP contribution is -2.57. The van der Waals surface area contributed by atoms with Gasteiger partial charge in [-0.15, -0.1) is 0 Å². The smallest absolute Gasteiger partial charge is 0.195 e. The van der Waals surface area contributed by atoms with Crippen molar-refractivity contribution in [1.29, 1.82) is 0 Å². The highest BCUT2D eigenvalue weighted by atomic mass is 32.2. The van der Waals surface area contributed by atoms with Gasteiger partial charge in [-0.25, -0.2) is 8.42 Å². The molecule has 1 fully saturated rings. The molecule has 0 saturated carbocycles. The second-order valence-electron chi connectivity index (χ2n) is 7.70. The number of hydrogen-bond donors (Lipinski definition) is 1. The van der Waals surface area contributed by atoms with Crippen LogP contribution in [0, 0.1) is 5.41 Å². The van der Waals surface area contributed by atoms with Gasteiger partial charge in [0.1, 0.15) is 12.5 Å². The molecule has 6 heteroatoms. The van der Waals surface area contributed by atoms with Gasteiger partial charge >= 0.3 is 0 Å². The van der Waals surface area contributed by atoms with Crippen LogP contribution in [0.3, 0.4) is 0 Å². The van der Waals surface area contributed by atoms with E-state index in [2.05, 4.69) is 28.7 Å². The van der Waals surface area contributed by atoms with Crippen molar-refractivity contribution >= 4 is 15.5 Å². The van der Waals surface area contributed by atoms with E-state index in [1.54, 1.807) is 31.4 Å². The Labute approximate surface area is 172 Å². The van der Waals surface area contributed by atoms with Crippen molar-refractivity contribution in [2.24, 2.45) is 10.6 Å². The standard InChI is InChI=1S/C23H26N2O3S/c1-28-25-20-12-14-23(17-18-8-4-2-5-9-18)19(16-20)13-15-24-22(23)29(26,27)21-10-6-3-7-11-21/h2-11,16,22,24H,12-15,17H2,1H3. The van der Waals surface area contributed by atoms with Crippen LogP contribution in [0.25, 0.3) is 0 Å². The summed E-state index contributed by atoms with van der Waals surface area (Å²) in [6.07, 6.45) is 4.93. The van der Waals surface area contributed by atoms with Crippen LogP contribution < -0.4 is 5.32 Å². The maximum absolute atomic E-state index is 13.7. The van der Waals surface area contributed by atoms with Gasteiger partial charge in [-0.1, -0.05) is 59.3 Å². The Kier molecular flexibility index (Phi) is 5.56. The van der Waals surface area contributed by atoms with Crippen molar-refractivity contribution in [3.63, 3.8) is 0 Å². The number of nitrogens with zero attached hydrogens (tertiary/aromatic N) is 1. The lowest BCUT2D eigenvalue weighted by molar-refractivity contribution is 0.207. The topological polar surface area (TPSA) is 67.8 Å². The first kappa shape index (κ1) is 19.9. The molecule has 0 bridgehead atoms. The van der Waals surface area contributed by atoms with Gasteiger partial charge in [0.2, 0.25) is 0 Å². The van der Waals surface area contributed by atoms with Gasteiger partial charge in [0.15, 0.2) is 9.84 Å². The Bertz CT molecular complexity index is 1020. The lowest BCUT2D eigenvalue weighted by Gasteiger charge is -2.48. The molecular weight excluding hydrogens is 384 g/mol. The minimum atomic E-state index is -3.56. The summed E-state index contributed by atoms with van der Waals surface area (Å²) in [5.74, 6) is 0. The predicted octanol–water partition coefficient (Wildman–Crippen LogP) is 3.73. The fourth-order valence-electron chi connectivity index (χ4n) is 4.68. The van der Waals surface area contributed by atoms with Gasteiger partial charge < -0.3 is 4.84 Å². The van der Waals surface area contributed by atoms with E-state index in [0.717, 1.165) is 23.3 Å². The van der Waals surface area contributed by atoms with E-state index in [9.17, 15) is 8.42 Å². The molecule has 1 N–H and O–H groups in total. The van der Waals surface area contributed by atoms with E-state index in [-0.39, 0.29) is 0 Å². The van der Waals surface area contributed by atoms with Crippen molar-refractivity contribution in [1.82, 2.24) is 5.32 Å². The van der Waals surface area contributed by atoms with E-state index in [1.165, 1.54) is 0 Å². The summed E-state index contributed by atoms with van der Waals surface area (Å²) in [5, 5.41) is 6.81. The summed E-state index contributed by atoms with van der Waals surface area (Å²) in [6, 6.07) is 18.9. The van der Waals surface area contributed by atoms with Crippen LogP contribution in [0.4, 0.5) is 0 Å². The fraction of sp³-hybridized carbons (Fsp3) is 0.348. The first-order valence-electron chi connectivity index (χ1n) is 9.93. The SMILES string of the molecule is CON=C1C=C2CCNC(S(=O)(=O)c3ccccc3)C2(Cc2ccccc2)CC1. The molecule has 2 aromatic rings. The van der Waals surface area contributed by atoms with E-state index in [1.807, 2.05) is 24.3 Å². The van der Waals surface area contributed by atoms with Gasteiger partial charge in [0.25, 0.3) is 0 Å². The maximum Gasteiger partial charge on any atom is 0.195 e. The summed E-state index contributed by atoms with van der Waals surface area (Å²) in [6.45, 7) is 0.624. The third-order valence-corrected chi connectivity index (χ3v) is 8.15. The number of hydrogen-bond acceptors (Lipinski definition) is 5. The van der Waals surface area contributed by atoms with Crippen molar-refractivity contribution in [2.75, 3.05) is 13.7 Å². The molecule has 2 atom stereocenters. The Hall–Kier alpha value is -2.44. The third kappa shape index (κ3) is 3.74. The van der Waals surface area contributed by atoms with E-state index in [4.69, 9.17) is 4.84 Å². The Balaban J connectivity index is 1.84. The summed E-state index contributed by atoms with van der Waals surface area (Å²) >= 11 is 0. The second kappa shape index (κ2) is 8.13. The lowest BCUT2D eigenvalue weighted by atomic mass is 9.65. The monoisotopic (exact) mass is 410 g/mol. The van der Waals surface area contributed by atoms with E-state index >= 15 is 0 Å². The van der Waals surface area contributed by atoms with Crippen molar-refractivity contribution in [2.45, 2.75) is 36.0 Å². The molecule has 1 aliphatic carbocycles. The molecule has 0 radical (unpaired) electrons. The first-order chi connectivity index (χ1) is 14.1. The maximum atomic E-state index is 13.7. The fourth-order valence-corrected chi connectivity index (χ4v) is 6.77. The molecule has 29 heavy (non-hydrogen) atoms. The van der Waals surface area contributed by atoms with Gasteiger partial charge in [0.05, 0.1) is 10.6 Å². The largest absolute Gasteiger partial charge is 0.399 e. The van der Waals surface area contributed by atoms with Gasteiger partial charge in [-0.3, -0.25) is 5.32 Å². The molecule has 2 unspecified atom stereocenters. The van der Waals surface area contributed by atoms with E-state index in [0.29, 0.717) is 30.7 Å². The molecule has 152 valence electrons. The Morgan fingerprint density at radius 1 is 1.07 bits per heavy atom. The van der Waals surface area contributed by atoms with Crippen LogP contribution in [0.5, 0.6) is 0 Å². The minimum absolute atomic E-state index is 0.363. The first-order valence-corrected chi connectivity index (χ1v) is 11.5. The molecule has 2 aromatic carbocycles. The van der Waals surface area contributed by atoms with Crippen LogP contribution in [0.2, 0.25) is 0 Å². The number of sulfone groups is 1. The predicted molar refractivity (Wildman–Crippen MR) is 114 cm³/mol. The van der Waals surface area contributed by atoms with Gasteiger partial charge in [-0.05, 0) is 49.5 Å². The zero-order valence-corrected chi connectivity index (χ0v) is 17.4. The molecular formula is C23H26N2O3S. The number of piperidine rings is 1. The minimum Gasteiger partial charge on any atom is -0.399 e. The summed E-state index contributed by atoms with van der Waals surface area (Å²) < 4.78 is 27.4. The highest BCUT2D eigenvalue weighted by molar-refractivity contribution is 7.92. The Morgan fingerprint density at radius 3 is 2.45 bits per heavy atom. The van der Waals surface area contributed by atoms with Crippen LogP contribution >= 0.6 is 0 Å². The van der Waals surface area contributed by atoms with Crippen LogP contribution in [-0.2, 0) is 21.1 Å². The van der Waals surface area contributed by atoms with Crippen LogP contribution in [0.1, 0.15) is 24.8 Å². The molecule has 0 spiro atoms. The normalized spacial score (nSPS) is 25.9. The molecule has 0 aromatic heterocycles. The number of fused-ring (bicyclic) bond motifs is 1. The third-order valence-electron chi connectivity index (χ3n) is 5.99. The molecule has 0 amide bonds. The summed E-state index contributed by atoms with van der Waals surface area (Å²) in [4.78, 5) is 5.35. The van der Waals surface area contributed by atoms with E-state index < -0.39 is 20.6 Å². The highest BCUT2D eigenvalue weighted by Gasteiger charge is 2.51. The van der Waals surface area contributed by atoms with Gasteiger partial charge in [-0.2, -0.15) is 0 Å². The number of rotatable bonds is 5. The van der Waals surface area contributed by atoms with Crippen molar-refractivity contribution < 1.29 is 13.3 Å². The summed E-state index contributed by atoms with van der Waals surface area (Å²) in [7, 11) is -2.02. The molecule has 1 heterocycles. The van der Waals surface area contributed by atoms with Gasteiger partial charge in [0, 0.05) is 12.0 Å². The van der Waals surface area contributed by atoms with Crippen molar-refractivity contribution in [3.8, 4) is 0 Å². The highest BCUT2D eigenvalue weighted by Crippen LogP contribution is 2.49. The average molecular weight is 411 g/mol. The quantitative estimate of drug-likeness (QED) is 0.763. The van der Waals surface area contributed by atoms with Crippen LogP contribution in [0.15, 0.2) is 82.4 Å². The number of benzene rings is 2. The zero-order chi connectivity index (χ0) is 20.3. The van der Waals surface area contributed by atoms with Crippen LogP contribution in [-0.4, -0.2) is 33.2 Å². The molecule has 1 aliphatic heterocycles. The summed E-state index contributed by atoms with van der Waals surface area (Å²) in [5.41, 5.74) is 2.65. The number of oxime groups is 1. The molecule has 5 nitrogen and oxygen atoms in total. The second-order valence-corrected chi connectivity index (χ2v) is 9.73. The van der Waals surface area contributed by atoms with Crippen molar-refractivity contribution in [3.05, 3.63) is 77.9 Å². The molecule has 4 rings (SSSR count). The Morgan fingerprint density at radius 2 is 1.76 bits per heavy atom. The number of nitrogens with one attached hydrogen (secondary N) is 1. The average Bonchev–Trinajstić information content (AvgIpc) is 2.75. The molecule has 2 aliphatic rings.